The zero-order valence-electron chi connectivity index (χ0n) is 23.3. The van der Waals surface area contributed by atoms with E-state index in [1.807, 2.05) is 77.4 Å². The molecule has 0 fully saturated rings. The average Bonchev–Trinajstić information content (AvgIpc) is 3.49. The van der Waals surface area contributed by atoms with Crippen molar-refractivity contribution in [3.8, 4) is 22.6 Å². The third kappa shape index (κ3) is 7.77. The van der Waals surface area contributed by atoms with E-state index in [0.717, 1.165) is 28.1 Å². The number of allylic oxidation sites excluding steroid dienone is 2. The Morgan fingerprint density at radius 3 is 2.53 bits per heavy atom. The molecule has 0 saturated carbocycles. The normalized spacial score (nSPS) is 17.9. The minimum absolute atomic E-state index is 0.0115. The van der Waals surface area contributed by atoms with Gasteiger partial charge in [0.25, 0.3) is 10.1 Å². The molecule has 43 heavy (non-hydrogen) atoms. The maximum Gasteiger partial charge on any atom is 0.301 e. The van der Waals surface area contributed by atoms with Crippen LogP contribution in [-0.4, -0.2) is 53.4 Å². The highest BCUT2D eigenvalue weighted by molar-refractivity contribution is 7.85. The third-order valence-corrected chi connectivity index (χ3v) is 8.30. The van der Waals surface area contributed by atoms with Crippen molar-refractivity contribution < 1.29 is 35.4 Å². The van der Waals surface area contributed by atoms with Gasteiger partial charge in [-0.05, 0) is 65.9 Å². The first-order chi connectivity index (χ1) is 20.6. The lowest BCUT2D eigenvalue weighted by Crippen LogP contribution is -2.37. The molecule has 3 aromatic rings. The molecule has 0 amide bonds. The van der Waals surface area contributed by atoms with Crippen molar-refractivity contribution >= 4 is 44.5 Å². The van der Waals surface area contributed by atoms with E-state index in [1.54, 1.807) is 18.2 Å². The van der Waals surface area contributed by atoms with Crippen LogP contribution in [0.1, 0.15) is 19.8 Å². The summed E-state index contributed by atoms with van der Waals surface area (Å²) in [5.41, 5.74) is 4.28. The summed E-state index contributed by atoms with van der Waals surface area (Å²) < 4.78 is 70.0. The number of rotatable bonds is 12. The van der Waals surface area contributed by atoms with E-state index in [-0.39, 0.29) is 13.2 Å². The molecule has 0 bridgehead atoms. The Balaban J connectivity index is 1.45. The van der Waals surface area contributed by atoms with E-state index in [9.17, 15) is 17.2 Å². The van der Waals surface area contributed by atoms with Crippen LogP contribution in [0.2, 0.25) is 5.02 Å². The van der Waals surface area contributed by atoms with E-state index in [2.05, 4.69) is 0 Å². The van der Waals surface area contributed by atoms with E-state index in [0.29, 0.717) is 41.8 Å². The van der Waals surface area contributed by atoms with Gasteiger partial charge in [0.15, 0.2) is 12.0 Å². The SMILES string of the molecule is CCC(/C=C1\Oc2ccc(Cl)cc2N1CCCOS(=O)O)=C\C1Oc2ccc(-c3ccccc3)cc2N1CCS(=O)(=O)O. The first-order valence-corrected chi connectivity index (χ1v) is 16.6. The first-order valence-electron chi connectivity index (χ1n) is 13.6. The van der Waals surface area contributed by atoms with Crippen LogP contribution in [0.5, 0.6) is 11.5 Å². The van der Waals surface area contributed by atoms with Gasteiger partial charge < -0.3 is 19.3 Å². The molecule has 13 heteroatoms. The van der Waals surface area contributed by atoms with E-state index >= 15 is 0 Å². The molecule has 0 aromatic heterocycles. The van der Waals surface area contributed by atoms with Gasteiger partial charge in [-0.1, -0.05) is 54.9 Å². The maximum absolute atomic E-state index is 11.7. The summed E-state index contributed by atoms with van der Waals surface area (Å²) in [4.78, 5) is 3.73. The Kier molecular flexibility index (Phi) is 9.75. The molecule has 2 unspecified atom stereocenters. The van der Waals surface area contributed by atoms with Gasteiger partial charge in [-0.25, -0.2) is 0 Å². The number of anilines is 2. The van der Waals surface area contributed by atoms with Gasteiger partial charge in [0.1, 0.15) is 5.75 Å². The fourth-order valence-corrected chi connectivity index (χ4v) is 5.80. The minimum atomic E-state index is -4.22. The summed E-state index contributed by atoms with van der Waals surface area (Å²) in [6, 6.07) is 20.9. The molecule has 10 nitrogen and oxygen atoms in total. The molecule has 3 aromatic carbocycles. The highest BCUT2D eigenvalue weighted by atomic mass is 35.5. The Hall–Kier alpha value is -3.39. The smallest absolute Gasteiger partial charge is 0.301 e. The van der Waals surface area contributed by atoms with Crippen molar-refractivity contribution in [3.63, 3.8) is 0 Å². The summed E-state index contributed by atoms with van der Waals surface area (Å²) in [6.07, 6.45) is 4.17. The quantitative estimate of drug-likeness (QED) is 0.137. The van der Waals surface area contributed by atoms with Crippen LogP contribution in [0.3, 0.4) is 0 Å². The topological polar surface area (TPSA) is 126 Å². The van der Waals surface area contributed by atoms with Gasteiger partial charge >= 0.3 is 11.4 Å². The van der Waals surface area contributed by atoms with Gasteiger partial charge in [0.2, 0.25) is 5.88 Å². The molecule has 0 aliphatic carbocycles. The van der Waals surface area contributed by atoms with Crippen molar-refractivity contribution in [2.24, 2.45) is 0 Å². The fourth-order valence-electron chi connectivity index (χ4n) is 4.94. The van der Waals surface area contributed by atoms with E-state index in [4.69, 9.17) is 29.8 Å². The molecule has 2 aliphatic rings. The van der Waals surface area contributed by atoms with Gasteiger partial charge in [0, 0.05) is 24.2 Å². The van der Waals surface area contributed by atoms with Crippen LogP contribution in [0.25, 0.3) is 11.1 Å². The predicted octanol–water partition coefficient (Wildman–Crippen LogP) is 6.04. The van der Waals surface area contributed by atoms with Crippen molar-refractivity contribution in [1.82, 2.24) is 0 Å². The Morgan fingerprint density at radius 1 is 1.05 bits per heavy atom. The zero-order chi connectivity index (χ0) is 30.6. The molecule has 2 atom stereocenters. The second-order valence-electron chi connectivity index (χ2n) is 9.87. The van der Waals surface area contributed by atoms with E-state index < -0.39 is 33.5 Å². The number of halogens is 1. The number of hydrogen-bond donors (Lipinski definition) is 2. The zero-order valence-corrected chi connectivity index (χ0v) is 25.6. The van der Waals surface area contributed by atoms with Crippen molar-refractivity contribution in [3.05, 3.63) is 95.4 Å². The third-order valence-electron chi connectivity index (χ3n) is 7.00. The Labute approximate surface area is 258 Å². The van der Waals surface area contributed by atoms with Gasteiger partial charge in [-0.2, -0.15) is 12.6 Å². The highest BCUT2D eigenvalue weighted by Gasteiger charge is 2.32. The molecule has 228 valence electrons. The van der Waals surface area contributed by atoms with Gasteiger partial charge in [-0.15, -0.1) is 0 Å². The minimum Gasteiger partial charge on any atom is -0.465 e. The lowest BCUT2D eigenvalue weighted by atomic mass is 10.0. The lowest BCUT2D eigenvalue weighted by molar-refractivity contribution is 0.273. The Morgan fingerprint density at radius 2 is 1.81 bits per heavy atom. The maximum atomic E-state index is 11.7. The largest absolute Gasteiger partial charge is 0.465 e. The molecule has 2 N–H and O–H groups in total. The van der Waals surface area contributed by atoms with Gasteiger partial charge in [0.05, 0.1) is 23.7 Å². The van der Waals surface area contributed by atoms with Crippen molar-refractivity contribution in [2.45, 2.75) is 26.0 Å². The highest BCUT2D eigenvalue weighted by Crippen LogP contribution is 2.43. The number of hydrogen-bond acceptors (Lipinski definition) is 8. The molecule has 2 aliphatic heterocycles. The standard InChI is InChI=1S/C30H31ClN2O8S2/c1-2-21(17-29-32(13-6-15-39-42(34)35)26-20-24(31)10-12-28(26)41-29)18-30-33(14-16-43(36,37)38)25-19-23(9-11-27(25)40-30)22-7-4-3-5-8-22/h3-5,7-12,17-20,30H,2,6,13-16H2,1H3,(H,34,35)(H,36,37,38)/b21-18+,29-17-. The molecular formula is C30H31ClN2O8S2. The van der Waals surface area contributed by atoms with Crippen LogP contribution in [0, 0.1) is 0 Å². The molecule has 0 spiro atoms. The van der Waals surface area contributed by atoms with Crippen LogP contribution in [0.15, 0.2) is 90.3 Å². The summed E-state index contributed by atoms with van der Waals surface area (Å²) in [5.74, 6) is 1.28. The van der Waals surface area contributed by atoms with Crippen LogP contribution >= 0.6 is 11.6 Å². The molecule has 0 saturated heterocycles. The average molecular weight is 647 g/mol. The predicted molar refractivity (Wildman–Crippen MR) is 167 cm³/mol. The van der Waals surface area contributed by atoms with Gasteiger partial charge in [-0.3, -0.25) is 13.3 Å². The van der Waals surface area contributed by atoms with E-state index in [1.165, 1.54) is 0 Å². The molecule has 0 radical (unpaired) electrons. The lowest BCUT2D eigenvalue weighted by Gasteiger charge is -2.24. The first kappa shape index (κ1) is 31.0. The molecular weight excluding hydrogens is 616 g/mol. The second kappa shape index (κ2) is 13.5. The number of fused-ring (bicyclic) bond motifs is 2. The summed E-state index contributed by atoms with van der Waals surface area (Å²) in [7, 11) is -4.22. The number of ether oxygens (including phenoxy) is 2. The molecule has 5 rings (SSSR count). The monoisotopic (exact) mass is 646 g/mol. The second-order valence-corrected chi connectivity index (χ2v) is 12.6. The summed E-state index contributed by atoms with van der Waals surface area (Å²) in [6.45, 7) is 2.49. The summed E-state index contributed by atoms with van der Waals surface area (Å²) >= 11 is 3.92. The number of nitrogens with zero attached hydrogens (tertiary/aromatic N) is 2. The van der Waals surface area contributed by atoms with Crippen LogP contribution < -0.4 is 19.3 Å². The summed E-state index contributed by atoms with van der Waals surface area (Å²) in [5, 5.41) is 0.536. The molecule has 2 heterocycles. The van der Waals surface area contributed by atoms with Crippen LogP contribution in [0.4, 0.5) is 11.4 Å². The van der Waals surface area contributed by atoms with Crippen LogP contribution in [-0.2, 0) is 25.7 Å². The van der Waals surface area contributed by atoms with Crippen molar-refractivity contribution in [1.29, 1.82) is 0 Å². The number of benzene rings is 3. The fraction of sp³-hybridized carbons (Fsp3) is 0.267. The van der Waals surface area contributed by atoms with Crippen molar-refractivity contribution in [2.75, 3.05) is 35.2 Å². The Bertz CT molecular complexity index is 1660.